The van der Waals surface area contributed by atoms with E-state index < -0.39 is 11.7 Å². The van der Waals surface area contributed by atoms with E-state index in [1.54, 1.807) is 25.5 Å². The van der Waals surface area contributed by atoms with Crippen molar-refractivity contribution in [2.75, 3.05) is 18.9 Å². The summed E-state index contributed by atoms with van der Waals surface area (Å²) in [6.45, 7) is 0.510. The van der Waals surface area contributed by atoms with Crippen molar-refractivity contribution in [2.45, 2.75) is 12.8 Å². The molecule has 0 aliphatic carbocycles. The van der Waals surface area contributed by atoms with Crippen LogP contribution < -0.4 is 5.32 Å². The lowest BCUT2D eigenvalue weighted by molar-refractivity contribution is -0.133. The van der Waals surface area contributed by atoms with E-state index in [1.807, 2.05) is 12.1 Å². The average molecular weight is 315 g/mol. The van der Waals surface area contributed by atoms with Crippen molar-refractivity contribution in [2.24, 2.45) is 0 Å². The number of aromatic nitrogens is 1. The van der Waals surface area contributed by atoms with Crippen molar-refractivity contribution in [1.29, 1.82) is 0 Å². The van der Waals surface area contributed by atoms with Crippen molar-refractivity contribution < 1.29 is 14.0 Å². The first kappa shape index (κ1) is 16.6. The Bertz CT molecular complexity index is 677. The Hall–Kier alpha value is -2.76. The Morgan fingerprint density at radius 2 is 1.96 bits per heavy atom. The van der Waals surface area contributed by atoms with Crippen LogP contribution in [0.3, 0.4) is 0 Å². The zero-order valence-corrected chi connectivity index (χ0v) is 12.8. The van der Waals surface area contributed by atoms with E-state index in [0.717, 1.165) is 5.56 Å². The summed E-state index contributed by atoms with van der Waals surface area (Å²) in [5.41, 5.74) is 1.41. The summed E-state index contributed by atoms with van der Waals surface area (Å²) in [6.07, 6.45) is 3.81. The third-order valence-corrected chi connectivity index (χ3v) is 3.33. The summed E-state index contributed by atoms with van der Waals surface area (Å²) < 4.78 is 13.0. The second-order valence-electron chi connectivity index (χ2n) is 5.16. The Labute approximate surface area is 134 Å². The fourth-order valence-electron chi connectivity index (χ4n) is 2.01. The van der Waals surface area contributed by atoms with E-state index in [-0.39, 0.29) is 12.3 Å². The molecule has 0 radical (unpaired) electrons. The van der Waals surface area contributed by atoms with Gasteiger partial charge in [-0.2, -0.15) is 0 Å². The molecule has 0 saturated heterocycles. The Morgan fingerprint density at radius 3 is 2.65 bits per heavy atom. The lowest BCUT2D eigenvalue weighted by atomic mass is 10.2. The highest BCUT2D eigenvalue weighted by molar-refractivity contribution is 6.03. The molecule has 0 saturated carbocycles. The van der Waals surface area contributed by atoms with Gasteiger partial charge in [-0.1, -0.05) is 6.07 Å². The number of likely N-dealkylation sites (N-methyl/N-ethyl adjacent to an activating group) is 1. The molecule has 2 amide bonds. The summed E-state index contributed by atoms with van der Waals surface area (Å²) >= 11 is 0. The lowest BCUT2D eigenvalue weighted by Gasteiger charge is -2.17. The van der Waals surface area contributed by atoms with Crippen molar-refractivity contribution in [3.8, 4) is 0 Å². The molecule has 1 aromatic heterocycles. The lowest BCUT2D eigenvalue weighted by Crippen LogP contribution is -2.32. The summed E-state index contributed by atoms with van der Waals surface area (Å²) in [5, 5.41) is 2.51. The van der Waals surface area contributed by atoms with Gasteiger partial charge in [0.2, 0.25) is 11.8 Å². The predicted molar refractivity (Wildman–Crippen MR) is 85.2 cm³/mol. The van der Waals surface area contributed by atoms with Crippen LogP contribution in [0.5, 0.6) is 0 Å². The molecule has 0 atom stereocenters. The molecular weight excluding hydrogens is 297 g/mol. The van der Waals surface area contributed by atoms with Gasteiger partial charge in [-0.05, 0) is 42.3 Å². The van der Waals surface area contributed by atoms with E-state index >= 15 is 0 Å². The van der Waals surface area contributed by atoms with Crippen LogP contribution >= 0.6 is 0 Å². The maximum absolute atomic E-state index is 13.0. The van der Waals surface area contributed by atoms with Gasteiger partial charge in [0.05, 0.1) is 0 Å². The molecule has 0 bridgehead atoms. The van der Waals surface area contributed by atoms with Gasteiger partial charge in [0.15, 0.2) is 0 Å². The molecule has 0 aliphatic rings. The second kappa shape index (κ2) is 8.03. The topological polar surface area (TPSA) is 62.3 Å². The molecule has 0 aliphatic heterocycles. The van der Waals surface area contributed by atoms with Crippen LogP contribution in [0.4, 0.5) is 10.1 Å². The molecule has 120 valence electrons. The summed E-state index contributed by atoms with van der Waals surface area (Å²) in [5.74, 6) is -1.19. The molecule has 0 fully saturated rings. The molecule has 6 heteroatoms. The third-order valence-electron chi connectivity index (χ3n) is 3.33. The minimum absolute atomic E-state index is 0.274. The van der Waals surface area contributed by atoms with Gasteiger partial charge >= 0.3 is 0 Å². The first-order valence-electron chi connectivity index (χ1n) is 7.23. The number of rotatable bonds is 6. The molecule has 1 heterocycles. The van der Waals surface area contributed by atoms with E-state index in [2.05, 4.69) is 10.3 Å². The quantitative estimate of drug-likeness (QED) is 0.832. The van der Waals surface area contributed by atoms with Crippen LogP contribution in [-0.4, -0.2) is 35.3 Å². The number of pyridine rings is 1. The fraction of sp³-hybridized carbons (Fsp3) is 0.235. The van der Waals surface area contributed by atoms with Crippen LogP contribution in [-0.2, 0) is 16.0 Å². The van der Waals surface area contributed by atoms with Gasteiger partial charge < -0.3 is 10.2 Å². The molecule has 2 aromatic rings. The highest BCUT2D eigenvalue weighted by atomic mass is 19.1. The molecule has 5 nitrogen and oxygen atoms in total. The molecule has 1 aromatic carbocycles. The largest absolute Gasteiger partial charge is 0.345 e. The number of hydrogen-bond acceptors (Lipinski definition) is 3. The van der Waals surface area contributed by atoms with Crippen molar-refractivity contribution >= 4 is 17.5 Å². The van der Waals surface area contributed by atoms with Gasteiger partial charge in [0.25, 0.3) is 0 Å². The van der Waals surface area contributed by atoms with Gasteiger partial charge in [-0.3, -0.25) is 14.6 Å². The first-order chi connectivity index (χ1) is 11.0. The van der Waals surface area contributed by atoms with Crippen LogP contribution in [0.2, 0.25) is 0 Å². The monoisotopic (exact) mass is 315 g/mol. The minimum Gasteiger partial charge on any atom is -0.345 e. The van der Waals surface area contributed by atoms with Gasteiger partial charge in [-0.25, -0.2) is 4.39 Å². The predicted octanol–water partition coefficient (Wildman–Crippen LogP) is 2.25. The molecule has 23 heavy (non-hydrogen) atoms. The third kappa shape index (κ3) is 5.50. The molecule has 0 spiro atoms. The van der Waals surface area contributed by atoms with Crippen molar-refractivity contribution in [3.63, 3.8) is 0 Å². The minimum atomic E-state index is -0.462. The van der Waals surface area contributed by atoms with Gasteiger partial charge in [-0.15, -0.1) is 0 Å². The SMILES string of the molecule is CN(CCc1ccncc1)C(=O)CC(=O)Nc1cccc(F)c1. The maximum Gasteiger partial charge on any atom is 0.233 e. The molecule has 0 unspecified atom stereocenters. The van der Waals surface area contributed by atoms with Crippen LogP contribution in [0.25, 0.3) is 0 Å². The van der Waals surface area contributed by atoms with Gasteiger partial charge in [0, 0.05) is 31.7 Å². The van der Waals surface area contributed by atoms with Gasteiger partial charge in [0.1, 0.15) is 12.2 Å². The zero-order valence-electron chi connectivity index (χ0n) is 12.8. The van der Waals surface area contributed by atoms with E-state index in [9.17, 15) is 14.0 Å². The highest BCUT2D eigenvalue weighted by Crippen LogP contribution is 2.09. The summed E-state index contributed by atoms with van der Waals surface area (Å²) in [4.78, 5) is 29.3. The highest BCUT2D eigenvalue weighted by Gasteiger charge is 2.14. The average Bonchev–Trinajstić information content (AvgIpc) is 2.53. The zero-order chi connectivity index (χ0) is 16.7. The van der Waals surface area contributed by atoms with Crippen LogP contribution in [0, 0.1) is 5.82 Å². The number of amides is 2. The maximum atomic E-state index is 13.0. The fourth-order valence-corrected chi connectivity index (χ4v) is 2.01. The van der Waals surface area contributed by atoms with Crippen LogP contribution in [0.1, 0.15) is 12.0 Å². The second-order valence-corrected chi connectivity index (χ2v) is 5.16. The van der Waals surface area contributed by atoms with E-state index in [4.69, 9.17) is 0 Å². The number of carbonyl (C=O) groups excluding carboxylic acids is 2. The summed E-state index contributed by atoms with van der Waals surface area (Å²) in [7, 11) is 1.65. The van der Waals surface area contributed by atoms with Crippen molar-refractivity contribution in [3.05, 3.63) is 60.2 Å². The molecule has 1 N–H and O–H groups in total. The number of nitrogens with zero attached hydrogens (tertiary/aromatic N) is 2. The number of hydrogen-bond donors (Lipinski definition) is 1. The summed E-state index contributed by atoms with van der Waals surface area (Å²) in [6, 6.07) is 9.32. The standard InChI is InChI=1S/C17H18FN3O2/c1-21(10-7-13-5-8-19-9-6-13)17(23)12-16(22)20-15-4-2-3-14(18)11-15/h2-6,8-9,11H,7,10,12H2,1H3,(H,20,22). The smallest absolute Gasteiger partial charge is 0.233 e. The normalized spacial score (nSPS) is 10.2. The number of anilines is 1. The van der Waals surface area contributed by atoms with Crippen LogP contribution in [0.15, 0.2) is 48.8 Å². The van der Waals surface area contributed by atoms with E-state index in [0.29, 0.717) is 18.7 Å². The Balaban J connectivity index is 1.79. The molecular formula is C17H18FN3O2. The first-order valence-corrected chi connectivity index (χ1v) is 7.23. The number of nitrogens with one attached hydrogen (secondary N) is 1. The Morgan fingerprint density at radius 1 is 1.22 bits per heavy atom. The van der Waals surface area contributed by atoms with E-state index in [1.165, 1.54) is 23.1 Å². The van der Waals surface area contributed by atoms with Crippen molar-refractivity contribution in [1.82, 2.24) is 9.88 Å². The number of benzene rings is 1. The molecule has 2 rings (SSSR count). The number of halogens is 1. The number of carbonyl (C=O) groups is 2. The Kier molecular flexibility index (Phi) is 5.80.